The zero-order valence-electron chi connectivity index (χ0n) is 18.4. The molecule has 1 amide bonds. The first kappa shape index (κ1) is 21.6. The molecule has 2 saturated heterocycles. The Hall–Kier alpha value is -2.09. The molecule has 0 saturated carbocycles. The summed E-state index contributed by atoms with van der Waals surface area (Å²) < 4.78 is 5.85. The summed E-state index contributed by atoms with van der Waals surface area (Å²) in [6.45, 7) is 12.7. The fourth-order valence-electron chi connectivity index (χ4n) is 3.78. The van der Waals surface area contributed by atoms with E-state index in [2.05, 4.69) is 45.9 Å². The maximum atomic E-state index is 12.5. The summed E-state index contributed by atoms with van der Waals surface area (Å²) in [7, 11) is 1.80. The molecule has 3 rings (SSSR count). The Kier molecular flexibility index (Phi) is 7.16. The number of hydrogen-bond acceptors (Lipinski definition) is 5. The van der Waals surface area contributed by atoms with Crippen LogP contribution in [-0.2, 0) is 16.8 Å². The summed E-state index contributed by atoms with van der Waals surface area (Å²) in [6.07, 6.45) is 5.34. The molecule has 0 radical (unpaired) electrons. The number of nitrogens with zero attached hydrogens (tertiary/aromatic N) is 5. The minimum Gasteiger partial charge on any atom is -0.443 e. The number of piperidine rings is 1. The highest BCUT2D eigenvalue weighted by molar-refractivity contribution is 5.80. The Morgan fingerprint density at radius 2 is 1.79 bits per heavy atom. The van der Waals surface area contributed by atoms with Crippen LogP contribution in [0.3, 0.4) is 0 Å². The predicted molar refractivity (Wildman–Crippen MR) is 114 cm³/mol. The van der Waals surface area contributed by atoms with Gasteiger partial charge in [-0.05, 0) is 19.3 Å². The molecule has 8 heteroatoms. The monoisotopic (exact) mass is 404 g/mol. The van der Waals surface area contributed by atoms with E-state index in [9.17, 15) is 4.79 Å². The first-order valence-corrected chi connectivity index (χ1v) is 10.8. The van der Waals surface area contributed by atoms with Gasteiger partial charge >= 0.3 is 0 Å². The van der Waals surface area contributed by atoms with Crippen LogP contribution in [0, 0.1) is 0 Å². The van der Waals surface area contributed by atoms with E-state index in [4.69, 9.17) is 4.42 Å². The summed E-state index contributed by atoms with van der Waals surface area (Å²) >= 11 is 0. The third kappa shape index (κ3) is 5.95. The lowest BCUT2D eigenvalue weighted by Gasteiger charge is -2.37. The lowest BCUT2D eigenvalue weighted by molar-refractivity contribution is -0.133. The summed E-state index contributed by atoms with van der Waals surface area (Å²) in [5.74, 6) is 2.68. The quantitative estimate of drug-likeness (QED) is 0.608. The Bertz CT molecular complexity index is 694. The molecule has 1 N–H and O–H groups in total. The molecule has 0 unspecified atom stereocenters. The number of carbonyl (C=O) groups excluding carboxylic acids is 1. The highest BCUT2D eigenvalue weighted by atomic mass is 16.4. The first-order chi connectivity index (χ1) is 13.9. The van der Waals surface area contributed by atoms with Crippen molar-refractivity contribution in [1.29, 1.82) is 0 Å². The molecule has 1 aromatic rings. The summed E-state index contributed by atoms with van der Waals surface area (Å²) in [4.78, 5) is 27.8. The van der Waals surface area contributed by atoms with Crippen molar-refractivity contribution in [2.75, 3.05) is 52.9 Å². The molecule has 0 atom stereocenters. The molecule has 29 heavy (non-hydrogen) atoms. The highest BCUT2D eigenvalue weighted by Gasteiger charge is 2.24. The number of nitrogens with one attached hydrogen (secondary N) is 1. The van der Waals surface area contributed by atoms with Gasteiger partial charge in [-0.15, -0.1) is 0 Å². The van der Waals surface area contributed by atoms with E-state index in [1.807, 2.05) is 4.90 Å². The number of rotatable bonds is 4. The van der Waals surface area contributed by atoms with Crippen molar-refractivity contribution in [2.24, 2.45) is 4.99 Å². The maximum Gasteiger partial charge on any atom is 0.236 e. The highest BCUT2D eigenvalue weighted by Crippen LogP contribution is 2.22. The van der Waals surface area contributed by atoms with Gasteiger partial charge < -0.3 is 19.5 Å². The lowest BCUT2D eigenvalue weighted by Crippen LogP contribution is -2.54. The zero-order chi connectivity index (χ0) is 20.9. The van der Waals surface area contributed by atoms with E-state index >= 15 is 0 Å². The molecule has 2 aliphatic heterocycles. The molecule has 0 aromatic carbocycles. The predicted octanol–water partition coefficient (Wildman–Crippen LogP) is 1.68. The number of hydrogen-bond donors (Lipinski definition) is 1. The van der Waals surface area contributed by atoms with E-state index in [1.54, 1.807) is 13.2 Å². The number of guanidine groups is 1. The molecule has 162 valence electrons. The average molecular weight is 405 g/mol. The van der Waals surface area contributed by atoms with Crippen molar-refractivity contribution in [3.63, 3.8) is 0 Å². The maximum absolute atomic E-state index is 12.5. The number of piperazine rings is 1. The minimum atomic E-state index is -0.0467. The third-order valence-electron chi connectivity index (χ3n) is 5.64. The third-order valence-corrected chi connectivity index (χ3v) is 5.64. The number of likely N-dealkylation sites (tertiary alicyclic amines) is 1. The van der Waals surface area contributed by atoms with E-state index in [0.29, 0.717) is 19.0 Å². The Labute approximate surface area is 174 Å². The van der Waals surface area contributed by atoms with E-state index in [-0.39, 0.29) is 11.3 Å². The molecule has 0 aliphatic carbocycles. The van der Waals surface area contributed by atoms with Gasteiger partial charge in [-0.1, -0.05) is 20.8 Å². The number of aromatic nitrogens is 1. The van der Waals surface area contributed by atoms with Crippen LogP contribution in [0.1, 0.15) is 51.7 Å². The first-order valence-electron chi connectivity index (χ1n) is 10.8. The largest absolute Gasteiger partial charge is 0.443 e. The van der Waals surface area contributed by atoms with Gasteiger partial charge in [-0.2, -0.15) is 0 Å². The van der Waals surface area contributed by atoms with Crippen molar-refractivity contribution < 1.29 is 9.21 Å². The van der Waals surface area contributed by atoms with Gasteiger partial charge in [0.15, 0.2) is 5.96 Å². The molecular formula is C21H36N6O2. The summed E-state index contributed by atoms with van der Waals surface area (Å²) in [6, 6.07) is 0. The van der Waals surface area contributed by atoms with Gasteiger partial charge in [0, 0.05) is 51.7 Å². The van der Waals surface area contributed by atoms with Crippen LogP contribution >= 0.6 is 0 Å². The standard InChI is InChI=1S/C21H36N6O2/c1-21(2,3)17-14-23-18(29-17)15-24-20(22-4)27-12-10-25(11-13-27)16-19(28)26-8-6-5-7-9-26/h14H,5-13,15-16H2,1-4H3,(H,22,24). The summed E-state index contributed by atoms with van der Waals surface area (Å²) in [5.41, 5.74) is -0.0467. The van der Waals surface area contributed by atoms with E-state index in [0.717, 1.165) is 63.8 Å². The summed E-state index contributed by atoms with van der Waals surface area (Å²) in [5, 5.41) is 3.35. The van der Waals surface area contributed by atoms with Crippen LogP contribution in [0.5, 0.6) is 0 Å². The van der Waals surface area contributed by atoms with Gasteiger partial charge in [0.1, 0.15) is 5.76 Å². The Balaban J connectivity index is 1.44. The lowest BCUT2D eigenvalue weighted by atomic mass is 9.94. The second kappa shape index (κ2) is 9.61. The average Bonchev–Trinajstić information content (AvgIpc) is 3.20. The second-order valence-electron chi connectivity index (χ2n) is 8.97. The normalized spacial score (nSPS) is 19.5. The second-order valence-corrected chi connectivity index (χ2v) is 8.97. The number of carbonyl (C=O) groups is 1. The number of amides is 1. The smallest absolute Gasteiger partial charge is 0.236 e. The van der Waals surface area contributed by atoms with E-state index in [1.165, 1.54) is 6.42 Å². The molecule has 0 spiro atoms. The van der Waals surface area contributed by atoms with Crippen molar-refractivity contribution in [1.82, 2.24) is 25.0 Å². The molecular weight excluding hydrogens is 368 g/mol. The Morgan fingerprint density at radius 1 is 1.10 bits per heavy atom. The minimum absolute atomic E-state index is 0.0467. The molecule has 3 heterocycles. The van der Waals surface area contributed by atoms with Crippen molar-refractivity contribution in [2.45, 2.75) is 52.0 Å². The molecule has 8 nitrogen and oxygen atoms in total. The van der Waals surface area contributed by atoms with Crippen LogP contribution in [0.25, 0.3) is 0 Å². The fraction of sp³-hybridized carbons (Fsp3) is 0.762. The van der Waals surface area contributed by atoms with Gasteiger partial charge in [0.2, 0.25) is 11.8 Å². The van der Waals surface area contributed by atoms with Crippen molar-refractivity contribution in [3.8, 4) is 0 Å². The molecule has 0 bridgehead atoms. The fourth-order valence-corrected chi connectivity index (χ4v) is 3.78. The molecule has 2 aliphatic rings. The van der Waals surface area contributed by atoms with Gasteiger partial charge in [0.05, 0.1) is 19.3 Å². The topological polar surface area (TPSA) is 77.2 Å². The van der Waals surface area contributed by atoms with Crippen molar-refractivity contribution in [3.05, 3.63) is 17.8 Å². The SMILES string of the molecule is CN=C(NCc1ncc(C(C)(C)C)o1)N1CCN(CC(=O)N2CCCCC2)CC1. The zero-order valence-corrected chi connectivity index (χ0v) is 18.4. The van der Waals surface area contributed by atoms with E-state index < -0.39 is 0 Å². The van der Waals surface area contributed by atoms with Crippen LogP contribution in [-0.4, -0.2) is 84.4 Å². The number of oxazole rings is 1. The molecule has 1 aromatic heterocycles. The molecule has 2 fully saturated rings. The number of aliphatic imine (C=N–C) groups is 1. The van der Waals surface area contributed by atoms with Crippen molar-refractivity contribution >= 4 is 11.9 Å². The van der Waals surface area contributed by atoms with Gasteiger partial charge in [-0.3, -0.25) is 14.7 Å². The van der Waals surface area contributed by atoms with Gasteiger partial charge in [0.25, 0.3) is 0 Å². The van der Waals surface area contributed by atoms with Crippen LogP contribution in [0.4, 0.5) is 0 Å². The Morgan fingerprint density at radius 3 is 2.38 bits per heavy atom. The van der Waals surface area contributed by atoms with Crippen LogP contribution in [0.15, 0.2) is 15.6 Å². The van der Waals surface area contributed by atoms with Crippen LogP contribution < -0.4 is 5.32 Å². The van der Waals surface area contributed by atoms with Crippen LogP contribution in [0.2, 0.25) is 0 Å². The van der Waals surface area contributed by atoms with Gasteiger partial charge in [-0.25, -0.2) is 4.98 Å².